The molecule has 204 valence electrons. The molecule has 6 aromatic rings. The molecule has 0 unspecified atom stereocenters. The van der Waals surface area contributed by atoms with Gasteiger partial charge in [0, 0.05) is 10.8 Å². The Morgan fingerprint density at radius 2 is 0.929 bits per heavy atom. The van der Waals surface area contributed by atoms with E-state index >= 15 is 0 Å². The molecule has 0 radical (unpaired) electrons. The third kappa shape index (κ3) is 3.42. The molecule has 8 rings (SSSR count). The van der Waals surface area contributed by atoms with Gasteiger partial charge in [0.15, 0.2) is 0 Å². The predicted molar refractivity (Wildman–Crippen MR) is 179 cm³/mol. The first kappa shape index (κ1) is 25.3. The van der Waals surface area contributed by atoms with Gasteiger partial charge >= 0.3 is 0 Å². The van der Waals surface area contributed by atoms with Gasteiger partial charge in [-0.2, -0.15) is 0 Å². The molecule has 0 heteroatoms. The lowest BCUT2D eigenvalue weighted by Gasteiger charge is -2.36. The van der Waals surface area contributed by atoms with Gasteiger partial charge in [-0.15, -0.1) is 0 Å². The molecule has 0 aromatic heterocycles. The molecule has 0 saturated heterocycles. The number of aryl methyl sites for hydroxylation is 2. The van der Waals surface area contributed by atoms with Crippen molar-refractivity contribution in [1.82, 2.24) is 0 Å². The first-order valence-electron chi connectivity index (χ1n) is 15.2. The van der Waals surface area contributed by atoms with E-state index in [4.69, 9.17) is 0 Å². The van der Waals surface area contributed by atoms with Crippen LogP contribution in [0.5, 0.6) is 0 Å². The fraction of sp³-hybridized carbons (Fsp3) is 0.190. The van der Waals surface area contributed by atoms with Crippen molar-refractivity contribution in [3.63, 3.8) is 0 Å². The first-order valence-corrected chi connectivity index (χ1v) is 15.2. The van der Waals surface area contributed by atoms with Crippen molar-refractivity contribution >= 4 is 10.8 Å². The Labute approximate surface area is 249 Å². The monoisotopic (exact) mass is 540 g/mol. The zero-order valence-electron chi connectivity index (χ0n) is 25.4. The molecule has 0 aliphatic heterocycles. The quantitative estimate of drug-likeness (QED) is 0.205. The van der Waals surface area contributed by atoms with Crippen LogP contribution in [0.3, 0.4) is 0 Å². The number of hydrogen-bond donors (Lipinski definition) is 0. The molecular formula is C42H36. The van der Waals surface area contributed by atoms with Crippen LogP contribution in [0.25, 0.3) is 55.3 Å². The molecule has 2 aliphatic rings. The van der Waals surface area contributed by atoms with E-state index in [1.54, 1.807) is 0 Å². The average Bonchev–Trinajstić information content (AvgIpc) is 3.21. The summed E-state index contributed by atoms with van der Waals surface area (Å²) in [5, 5.41) is 2.81. The molecule has 0 N–H and O–H groups in total. The Balaban J connectivity index is 1.38. The minimum absolute atomic E-state index is 0.0974. The molecule has 0 saturated carbocycles. The number of benzene rings is 6. The molecular weight excluding hydrogens is 504 g/mol. The highest BCUT2D eigenvalue weighted by Gasteiger charge is 2.41. The van der Waals surface area contributed by atoms with E-state index < -0.39 is 0 Å². The van der Waals surface area contributed by atoms with E-state index in [2.05, 4.69) is 151 Å². The Kier molecular flexibility index (Phi) is 5.15. The molecule has 0 spiro atoms. The van der Waals surface area contributed by atoms with Crippen LogP contribution < -0.4 is 0 Å². The van der Waals surface area contributed by atoms with Crippen molar-refractivity contribution in [1.29, 1.82) is 0 Å². The Bertz CT molecular complexity index is 2100. The van der Waals surface area contributed by atoms with Crippen LogP contribution in [0.2, 0.25) is 0 Å². The fourth-order valence-electron chi connectivity index (χ4n) is 7.88. The molecule has 0 amide bonds. The van der Waals surface area contributed by atoms with Crippen LogP contribution in [0, 0.1) is 13.8 Å². The van der Waals surface area contributed by atoms with Crippen molar-refractivity contribution < 1.29 is 0 Å². The zero-order valence-corrected chi connectivity index (χ0v) is 25.4. The predicted octanol–water partition coefficient (Wildman–Crippen LogP) is 11.4. The minimum atomic E-state index is -0.109. The summed E-state index contributed by atoms with van der Waals surface area (Å²) in [6.07, 6.45) is 0. The van der Waals surface area contributed by atoms with Crippen LogP contribution >= 0.6 is 0 Å². The third-order valence-corrected chi connectivity index (χ3v) is 10.2. The maximum Gasteiger partial charge on any atom is 0.0159 e. The van der Waals surface area contributed by atoms with Gasteiger partial charge in [0.05, 0.1) is 0 Å². The Hall–Kier alpha value is -4.42. The second kappa shape index (κ2) is 8.55. The van der Waals surface area contributed by atoms with Crippen LogP contribution in [-0.4, -0.2) is 0 Å². The summed E-state index contributed by atoms with van der Waals surface area (Å²) in [5.41, 5.74) is 18.8. The zero-order chi connectivity index (χ0) is 29.0. The van der Waals surface area contributed by atoms with Crippen molar-refractivity contribution in [3.8, 4) is 44.5 Å². The SMILES string of the molecule is Cc1cccc(-c2ccc3c(c2)C(C)(C)c2cc4c5c(cccc5c2-3)C(C)(C)c2cc(-c3cccc(C)c3)ccc2-4)c1. The first-order chi connectivity index (χ1) is 20.1. The van der Waals surface area contributed by atoms with Crippen molar-refractivity contribution in [2.75, 3.05) is 0 Å². The summed E-state index contributed by atoms with van der Waals surface area (Å²) >= 11 is 0. The molecule has 0 nitrogen and oxygen atoms in total. The molecule has 0 fully saturated rings. The van der Waals surface area contributed by atoms with Gasteiger partial charge < -0.3 is 0 Å². The second-order valence-electron chi connectivity index (χ2n) is 13.6. The van der Waals surface area contributed by atoms with Crippen molar-refractivity contribution in [2.45, 2.75) is 52.4 Å². The molecule has 6 aromatic carbocycles. The normalized spacial score (nSPS) is 15.3. The van der Waals surface area contributed by atoms with Crippen LogP contribution in [0.1, 0.15) is 61.1 Å². The van der Waals surface area contributed by atoms with Crippen molar-refractivity contribution in [3.05, 3.63) is 143 Å². The van der Waals surface area contributed by atoms with Crippen molar-refractivity contribution in [2.24, 2.45) is 0 Å². The average molecular weight is 541 g/mol. The van der Waals surface area contributed by atoms with Gasteiger partial charge in [-0.1, -0.05) is 130 Å². The van der Waals surface area contributed by atoms with Gasteiger partial charge in [-0.25, -0.2) is 0 Å². The lowest BCUT2D eigenvalue weighted by Crippen LogP contribution is -2.24. The van der Waals surface area contributed by atoms with E-state index in [-0.39, 0.29) is 10.8 Å². The molecule has 0 atom stereocenters. The third-order valence-electron chi connectivity index (χ3n) is 10.2. The molecule has 0 heterocycles. The second-order valence-corrected chi connectivity index (χ2v) is 13.6. The van der Waals surface area contributed by atoms with Crippen LogP contribution in [-0.2, 0) is 10.8 Å². The van der Waals surface area contributed by atoms with E-state index in [0.29, 0.717) is 0 Å². The van der Waals surface area contributed by atoms with Crippen LogP contribution in [0.15, 0.2) is 109 Å². The van der Waals surface area contributed by atoms with Crippen LogP contribution in [0.4, 0.5) is 0 Å². The maximum absolute atomic E-state index is 2.54. The van der Waals surface area contributed by atoms with Gasteiger partial charge in [0.1, 0.15) is 0 Å². The van der Waals surface area contributed by atoms with E-state index in [9.17, 15) is 0 Å². The molecule has 2 aliphatic carbocycles. The Morgan fingerprint density at radius 1 is 0.405 bits per heavy atom. The standard InChI is InChI=1S/C42H36/c1-25-10-7-12-27(20-25)29-16-18-31-34-24-38-39(33-14-9-15-35(40(33)34)41(3,4)36(31)22-29)32-19-17-30(23-37(32)42(38,5)6)28-13-8-11-26(2)21-28/h7-24H,1-6H3. The molecule has 0 bridgehead atoms. The van der Waals surface area contributed by atoms with Gasteiger partial charge in [0.2, 0.25) is 0 Å². The molecule has 42 heavy (non-hydrogen) atoms. The van der Waals surface area contributed by atoms with E-state index in [0.717, 1.165) is 0 Å². The van der Waals surface area contributed by atoms with Gasteiger partial charge in [-0.3, -0.25) is 0 Å². The Morgan fingerprint density at radius 3 is 1.55 bits per heavy atom. The number of fused-ring (bicyclic) bond motifs is 6. The number of hydrogen-bond acceptors (Lipinski definition) is 0. The fourth-order valence-corrected chi connectivity index (χ4v) is 7.88. The summed E-state index contributed by atoms with van der Waals surface area (Å²) in [5.74, 6) is 0. The minimum Gasteiger partial charge on any atom is -0.0614 e. The maximum atomic E-state index is 2.54. The summed E-state index contributed by atoms with van der Waals surface area (Å²) in [7, 11) is 0. The summed E-state index contributed by atoms with van der Waals surface area (Å²) in [6.45, 7) is 14.0. The lowest BCUT2D eigenvalue weighted by molar-refractivity contribution is 0.644. The highest BCUT2D eigenvalue weighted by Crippen LogP contribution is 2.57. The topological polar surface area (TPSA) is 0 Å². The summed E-state index contributed by atoms with van der Waals surface area (Å²) in [6, 6.07) is 41.6. The highest BCUT2D eigenvalue weighted by molar-refractivity contribution is 6.12. The summed E-state index contributed by atoms with van der Waals surface area (Å²) < 4.78 is 0. The largest absolute Gasteiger partial charge is 0.0614 e. The van der Waals surface area contributed by atoms with Gasteiger partial charge in [-0.05, 0) is 110 Å². The van der Waals surface area contributed by atoms with E-state index in [1.807, 2.05) is 0 Å². The summed E-state index contributed by atoms with van der Waals surface area (Å²) in [4.78, 5) is 0. The smallest absolute Gasteiger partial charge is 0.0159 e. The van der Waals surface area contributed by atoms with Gasteiger partial charge in [0.25, 0.3) is 0 Å². The number of rotatable bonds is 2. The van der Waals surface area contributed by atoms with E-state index in [1.165, 1.54) is 88.7 Å². The lowest BCUT2D eigenvalue weighted by atomic mass is 9.67. The highest BCUT2D eigenvalue weighted by atomic mass is 14.4.